The van der Waals surface area contributed by atoms with E-state index in [0.29, 0.717) is 4.88 Å². The Kier molecular flexibility index (Phi) is 6.81. The van der Waals surface area contributed by atoms with Crippen molar-refractivity contribution in [1.82, 2.24) is 16.2 Å². The maximum atomic E-state index is 12.4. The van der Waals surface area contributed by atoms with E-state index in [1.165, 1.54) is 35.1 Å². The van der Waals surface area contributed by atoms with E-state index in [1.807, 2.05) is 36.4 Å². The molecule has 3 rings (SSSR count). The van der Waals surface area contributed by atoms with Crippen LogP contribution in [-0.2, 0) is 22.4 Å². The molecule has 6 nitrogen and oxygen atoms in total. The van der Waals surface area contributed by atoms with Gasteiger partial charge >= 0.3 is 0 Å². The van der Waals surface area contributed by atoms with E-state index in [2.05, 4.69) is 16.2 Å². The van der Waals surface area contributed by atoms with Crippen LogP contribution in [-0.4, -0.2) is 17.7 Å². The van der Waals surface area contributed by atoms with Gasteiger partial charge in [-0.25, -0.2) is 0 Å². The lowest BCUT2D eigenvalue weighted by Crippen LogP contribution is -2.43. The number of rotatable bonds is 5. The van der Waals surface area contributed by atoms with Gasteiger partial charge in [0.2, 0.25) is 11.8 Å². The predicted octanol–water partition coefficient (Wildman–Crippen LogP) is 3.05. The Balaban J connectivity index is 1.56. The minimum Gasteiger partial charge on any atom is -0.349 e. The Morgan fingerprint density at radius 2 is 1.79 bits per heavy atom. The highest BCUT2D eigenvalue weighted by Gasteiger charge is 2.19. The fourth-order valence-electron chi connectivity index (χ4n) is 3.39. The molecule has 3 N–H and O–H groups in total. The van der Waals surface area contributed by atoms with E-state index >= 15 is 0 Å². The van der Waals surface area contributed by atoms with Crippen molar-refractivity contribution in [2.45, 2.75) is 51.5 Å². The quantitative estimate of drug-likeness (QED) is 0.533. The maximum absolute atomic E-state index is 12.4. The molecule has 0 aliphatic heterocycles. The standard InChI is InChI=1S/C21H25N3O3S/c1-14(25)22-17(15-8-4-2-5-9-15)13-20(26)23-24-21(27)19-12-16-10-6-3-7-11-18(16)28-19/h2,4-5,8-9,12,17H,3,6-7,10-11,13H2,1H3,(H,22,25)(H,23,26)(H,24,27)/t17-/m1/s1. The number of benzene rings is 1. The molecule has 0 spiro atoms. The fourth-order valence-corrected chi connectivity index (χ4v) is 4.54. The van der Waals surface area contributed by atoms with E-state index in [9.17, 15) is 14.4 Å². The molecule has 148 valence electrons. The highest BCUT2D eigenvalue weighted by molar-refractivity contribution is 7.14. The molecule has 1 aliphatic rings. The number of hydrogen-bond acceptors (Lipinski definition) is 4. The lowest BCUT2D eigenvalue weighted by atomic mass is 10.0. The maximum Gasteiger partial charge on any atom is 0.279 e. The second-order valence-corrected chi connectivity index (χ2v) is 8.13. The Labute approximate surface area is 168 Å². The zero-order valence-electron chi connectivity index (χ0n) is 15.9. The van der Waals surface area contributed by atoms with Crippen molar-refractivity contribution in [3.05, 3.63) is 57.3 Å². The third-order valence-corrected chi connectivity index (χ3v) is 5.99. The molecule has 0 saturated heterocycles. The Morgan fingerprint density at radius 1 is 1.04 bits per heavy atom. The second-order valence-electron chi connectivity index (χ2n) is 6.99. The number of carbonyl (C=O) groups excluding carboxylic acids is 3. The van der Waals surface area contributed by atoms with Crippen LogP contribution in [0.1, 0.15) is 64.3 Å². The number of thiophene rings is 1. The van der Waals surface area contributed by atoms with Crippen LogP contribution in [0.25, 0.3) is 0 Å². The fraction of sp³-hybridized carbons (Fsp3) is 0.381. The van der Waals surface area contributed by atoms with Crippen molar-refractivity contribution in [2.75, 3.05) is 0 Å². The van der Waals surface area contributed by atoms with Crippen molar-refractivity contribution in [3.63, 3.8) is 0 Å². The molecule has 0 radical (unpaired) electrons. The molecule has 1 aromatic carbocycles. The average Bonchev–Trinajstić information content (AvgIpc) is 2.96. The number of amides is 3. The predicted molar refractivity (Wildman–Crippen MR) is 109 cm³/mol. The van der Waals surface area contributed by atoms with Crippen molar-refractivity contribution in [3.8, 4) is 0 Å². The molecule has 1 aliphatic carbocycles. The monoisotopic (exact) mass is 399 g/mol. The van der Waals surface area contributed by atoms with E-state index in [0.717, 1.165) is 31.2 Å². The van der Waals surface area contributed by atoms with Crippen LogP contribution in [0, 0.1) is 0 Å². The Hall–Kier alpha value is -2.67. The molecular weight excluding hydrogens is 374 g/mol. The normalized spacial score (nSPS) is 14.3. The van der Waals surface area contributed by atoms with Crippen LogP contribution in [0.5, 0.6) is 0 Å². The zero-order valence-corrected chi connectivity index (χ0v) is 16.7. The summed E-state index contributed by atoms with van der Waals surface area (Å²) in [5.74, 6) is -0.887. The van der Waals surface area contributed by atoms with E-state index in [1.54, 1.807) is 0 Å². The van der Waals surface area contributed by atoms with Crippen molar-refractivity contribution in [2.24, 2.45) is 0 Å². The highest BCUT2D eigenvalue weighted by Crippen LogP contribution is 2.28. The van der Waals surface area contributed by atoms with Gasteiger partial charge < -0.3 is 5.32 Å². The van der Waals surface area contributed by atoms with Gasteiger partial charge in [0.15, 0.2) is 0 Å². The number of carbonyl (C=O) groups is 3. The first-order chi connectivity index (χ1) is 13.5. The summed E-state index contributed by atoms with van der Waals surface area (Å²) in [6.45, 7) is 1.41. The van der Waals surface area contributed by atoms with Crippen molar-refractivity contribution in [1.29, 1.82) is 0 Å². The first-order valence-corrected chi connectivity index (χ1v) is 10.4. The van der Waals surface area contributed by atoms with Gasteiger partial charge in [-0.05, 0) is 42.9 Å². The molecule has 28 heavy (non-hydrogen) atoms. The van der Waals surface area contributed by atoms with Crippen LogP contribution >= 0.6 is 11.3 Å². The molecule has 0 saturated carbocycles. The third kappa shape index (κ3) is 5.42. The van der Waals surface area contributed by atoms with E-state index in [-0.39, 0.29) is 24.1 Å². The van der Waals surface area contributed by atoms with Gasteiger partial charge in [0.25, 0.3) is 5.91 Å². The van der Waals surface area contributed by atoms with Crippen molar-refractivity contribution < 1.29 is 14.4 Å². The van der Waals surface area contributed by atoms with Gasteiger partial charge in [0, 0.05) is 11.8 Å². The topological polar surface area (TPSA) is 87.3 Å². The minimum atomic E-state index is -0.451. The summed E-state index contributed by atoms with van der Waals surface area (Å²) in [6, 6.07) is 10.8. The van der Waals surface area contributed by atoms with Gasteiger partial charge in [-0.1, -0.05) is 36.8 Å². The molecule has 0 bridgehead atoms. The van der Waals surface area contributed by atoms with Gasteiger partial charge in [-0.3, -0.25) is 25.2 Å². The van der Waals surface area contributed by atoms with Crippen molar-refractivity contribution >= 4 is 29.1 Å². The average molecular weight is 400 g/mol. The SMILES string of the molecule is CC(=O)N[C@H](CC(=O)NNC(=O)c1cc2c(s1)CCCCC2)c1ccccc1. The summed E-state index contributed by atoms with van der Waals surface area (Å²) in [5, 5.41) is 2.77. The molecule has 0 unspecified atom stereocenters. The van der Waals surface area contributed by atoms with Gasteiger partial charge in [0.05, 0.1) is 17.3 Å². The molecule has 1 aromatic heterocycles. The molecule has 1 atom stereocenters. The highest BCUT2D eigenvalue weighted by atomic mass is 32.1. The number of fused-ring (bicyclic) bond motifs is 1. The molecular formula is C21H25N3O3S. The summed E-state index contributed by atoms with van der Waals surface area (Å²) in [4.78, 5) is 38.1. The minimum absolute atomic E-state index is 0.0326. The smallest absolute Gasteiger partial charge is 0.279 e. The summed E-state index contributed by atoms with van der Waals surface area (Å²) >= 11 is 1.51. The lowest BCUT2D eigenvalue weighted by Gasteiger charge is -2.18. The Morgan fingerprint density at radius 3 is 2.54 bits per heavy atom. The Bertz CT molecular complexity index is 824. The van der Waals surface area contributed by atoms with Crippen LogP contribution in [0.4, 0.5) is 0 Å². The summed E-state index contributed by atoms with van der Waals surface area (Å²) in [6.07, 6.45) is 5.62. The molecule has 1 heterocycles. The third-order valence-electron chi connectivity index (χ3n) is 4.75. The van der Waals surface area contributed by atoms with E-state index in [4.69, 9.17) is 0 Å². The first-order valence-electron chi connectivity index (χ1n) is 9.55. The molecule has 2 aromatic rings. The number of aryl methyl sites for hydroxylation is 2. The van der Waals surface area contributed by atoms with Gasteiger partial charge in [-0.15, -0.1) is 11.3 Å². The van der Waals surface area contributed by atoms with E-state index < -0.39 is 6.04 Å². The number of hydrazine groups is 1. The molecule has 3 amide bonds. The van der Waals surface area contributed by atoms with Gasteiger partial charge in [-0.2, -0.15) is 0 Å². The largest absolute Gasteiger partial charge is 0.349 e. The summed E-state index contributed by atoms with van der Waals surface area (Å²) in [5.41, 5.74) is 7.05. The molecule has 7 heteroatoms. The van der Waals surface area contributed by atoms with Gasteiger partial charge in [0.1, 0.15) is 0 Å². The summed E-state index contributed by atoms with van der Waals surface area (Å²) in [7, 11) is 0. The second kappa shape index (κ2) is 9.50. The molecule has 0 fully saturated rings. The number of nitrogens with one attached hydrogen (secondary N) is 3. The lowest BCUT2D eigenvalue weighted by molar-refractivity contribution is -0.123. The zero-order chi connectivity index (χ0) is 19.9. The summed E-state index contributed by atoms with van der Waals surface area (Å²) < 4.78 is 0. The number of hydrogen-bond donors (Lipinski definition) is 3. The van der Waals surface area contributed by atoms with Crippen LogP contribution in [0.2, 0.25) is 0 Å². The first kappa shape index (κ1) is 20.1. The van der Waals surface area contributed by atoms with Crippen LogP contribution in [0.3, 0.4) is 0 Å². The van der Waals surface area contributed by atoms with Crippen LogP contribution < -0.4 is 16.2 Å². The van der Waals surface area contributed by atoms with Crippen LogP contribution in [0.15, 0.2) is 36.4 Å².